The first kappa shape index (κ1) is 16.7. The highest BCUT2D eigenvalue weighted by molar-refractivity contribution is 6.17. The first-order valence-electron chi connectivity index (χ1n) is 5.97. The Bertz CT molecular complexity index is 68.7. The molecule has 0 amide bonds. The van der Waals surface area contributed by atoms with Crippen LogP contribution in [0.2, 0.25) is 0 Å². The fourth-order valence-corrected chi connectivity index (χ4v) is 0.996. The van der Waals surface area contributed by atoms with E-state index in [2.05, 4.69) is 20.8 Å². The van der Waals surface area contributed by atoms with Gasteiger partial charge in [-0.05, 0) is 19.3 Å². The van der Waals surface area contributed by atoms with Crippen LogP contribution in [0.1, 0.15) is 59.3 Å². The molecule has 0 aliphatic carbocycles. The van der Waals surface area contributed by atoms with E-state index in [1.165, 1.54) is 32.1 Å². The highest BCUT2D eigenvalue weighted by atomic mass is 35.5. The van der Waals surface area contributed by atoms with E-state index in [0.717, 1.165) is 25.5 Å². The third kappa shape index (κ3) is 22.8. The molecule has 0 bridgehead atoms. The van der Waals surface area contributed by atoms with E-state index in [1.807, 2.05) is 0 Å². The van der Waals surface area contributed by atoms with Crippen molar-refractivity contribution in [3.8, 4) is 0 Å². The summed E-state index contributed by atoms with van der Waals surface area (Å²) < 4.78 is 5.31. The molecule has 2 heteroatoms. The largest absolute Gasteiger partial charge is 0.381 e. The van der Waals surface area contributed by atoms with Crippen LogP contribution in [0.25, 0.3) is 0 Å². The van der Waals surface area contributed by atoms with Crippen molar-refractivity contribution in [3.63, 3.8) is 0 Å². The number of alkyl halides is 1. The Morgan fingerprint density at radius 2 is 1.21 bits per heavy atom. The summed E-state index contributed by atoms with van der Waals surface area (Å²) in [5.74, 6) is 0.816. The van der Waals surface area contributed by atoms with E-state index in [1.54, 1.807) is 0 Å². The topological polar surface area (TPSA) is 9.23 Å². The molecule has 0 unspecified atom stereocenters. The van der Waals surface area contributed by atoms with Gasteiger partial charge in [0.05, 0.1) is 0 Å². The second-order valence-electron chi connectivity index (χ2n) is 3.36. The van der Waals surface area contributed by atoms with E-state index in [-0.39, 0.29) is 0 Å². The number of hydrogen-bond donors (Lipinski definition) is 0. The molecule has 0 aromatic carbocycles. The third-order valence-corrected chi connectivity index (χ3v) is 2.04. The van der Waals surface area contributed by atoms with Gasteiger partial charge in [-0.2, -0.15) is 0 Å². The minimum Gasteiger partial charge on any atom is -0.381 e. The normalized spacial score (nSPS) is 9.43. The van der Waals surface area contributed by atoms with Crippen molar-refractivity contribution in [3.05, 3.63) is 0 Å². The lowest BCUT2D eigenvalue weighted by atomic mass is 10.3. The fraction of sp³-hybridized carbons (Fsp3) is 1.00. The molecule has 0 heterocycles. The molecule has 88 valence electrons. The van der Waals surface area contributed by atoms with Gasteiger partial charge in [0, 0.05) is 19.1 Å². The zero-order valence-corrected chi connectivity index (χ0v) is 10.9. The van der Waals surface area contributed by atoms with Crippen molar-refractivity contribution in [2.45, 2.75) is 59.3 Å². The monoisotopic (exact) mass is 222 g/mol. The molecule has 0 aromatic rings. The second kappa shape index (κ2) is 18.9. The summed E-state index contributed by atoms with van der Waals surface area (Å²) in [4.78, 5) is 0. The van der Waals surface area contributed by atoms with Crippen LogP contribution in [0.15, 0.2) is 0 Å². The van der Waals surface area contributed by atoms with Crippen LogP contribution in [0, 0.1) is 0 Å². The van der Waals surface area contributed by atoms with Gasteiger partial charge in [0.2, 0.25) is 0 Å². The van der Waals surface area contributed by atoms with Crippen LogP contribution in [-0.2, 0) is 4.74 Å². The van der Waals surface area contributed by atoms with E-state index >= 15 is 0 Å². The van der Waals surface area contributed by atoms with Crippen LogP contribution in [-0.4, -0.2) is 19.1 Å². The smallest absolute Gasteiger partial charge is 0.0465 e. The minimum absolute atomic E-state index is 0.816. The lowest BCUT2D eigenvalue weighted by molar-refractivity contribution is 0.128. The quantitative estimate of drug-likeness (QED) is 0.430. The Balaban J connectivity index is 0. The predicted molar refractivity (Wildman–Crippen MR) is 66.3 cm³/mol. The molecule has 0 aliphatic rings. The maximum Gasteiger partial charge on any atom is 0.0465 e. The predicted octanol–water partition coefficient (Wildman–Crippen LogP) is 4.63. The number of unbranched alkanes of at least 4 members (excludes halogenated alkanes) is 3. The first-order valence-corrected chi connectivity index (χ1v) is 6.50. The molecule has 14 heavy (non-hydrogen) atoms. The Kier molecular flexibility index (Phi) is 22.5. The van der Waals surface area contributed by atoms with E-state index in [9.17, 15) is 0 Å². The molecule has 0 radical (unpaired) electrons. The average Bonchev–Trinajstić information content (AvgIpc) is 2.20. The summed E-state index contributed by atoms with van der Waals surface area (Å²) in [5, 5.41) is 0. The highest BCUT2D eigenvalue weighted by Gasteiger charge is 1.84. The van der Waals surface area contributed by atoms with Crippen molar-refractivity contribution in [1.82, 2.24) is 0 Å². The van der Waals surface area contributed by atoms with Crippen LogP contribution < -0.4 is 0 Å². The Labute approximate surface area is 95.2 Å². The summed E-state index contributed by atoms with van der Waals surface area (Å²) >= 11 is 5.30. The zero-order chi connectivity index (χ0) is 11.1. The van der Waals surface area contributed by atoms with Gasteiger partial charge in [0.25, 0.3) is 0 Å². The second-order valence-corrected chi connectivity index (χ2v) is 3.74. The van der Waals surface area contributed by atoms with Gasteiger partial charge in [-0.25, -0.2) is 0 Å². The summed E-state index contributed by atoms with van der Waals surface area (Å²) in [6, 6.07) is 0. The van der Waals surface area contributed by atoms with Crippen LogP contribution in [0.4, 0.5) is 0 Å². The number of ether oxygens (including phenoxy) is 1. The molecule has 0 saturated heterocycles. The van der Waals surface area contributed by atoms with E-state index < -0.39 is 0 Å². The summed E-state index contributed by atoms with van der Waals surface area (Å²) in [6.45, 7) is 8.40. The molecule has 0 fully saturated rings. The van der Waals surface area contributed by atoms with Crippen LogP contribution in [0.5, 0.6) is 0 Å². The van der Waals surface area contributed by atoms with Gasteiger partial charge in [0.1, 0.15) is 0 Å². The molecule has 0 rings (SSSR count). The maximum absolute atomic E-state index is 5.31. The van der Waals surface area contributed by atoms with Crippen molar-refractivity contribution < 1.29 is 4.74 Å². The van der Waals surface area contributed by atoms with Crippen molar-refractivity contribution in [2.24, 2.45) is 0 Å². The fourth-order valence-electron chi connectivity index (χ4n) is 0.728. The maximum atomic E-state index is 5.31. The van der Waals surface area contributed by atoms with Crippen LogP contribution >= 0.6 is 11.6 Å². The van der Waals surface area contributed by atoms with Gasteiger partial charge >= 0.3 is 0 Å². The van der Waals surface area contributed by atoms with E-state index in [0.29, 0.717) is 0 Å². The van der Waals surface area contributed by atoms with E-state index in [4.69, 9.17) is 16.3 Å². The van der Waals surface area contributed by atoms with Crippen molar-refractivity contribution >= 4 is 11.6 Å². The Morgan fingerprint density at radius 3 is 1.43 bits per heavy atom. The van der Waals surface area contributed by atoms with Crippen molar-refractivity contribution in [2.75, 3.05) is 19.1 Å². The molecule has 0 spiro atoms. The molecule has 0 aliphatic heterocycles. The third-order valence-electron chi connectivity index (χ3n) is 1.77. The average molecular weight is 223 g/mol. The summed E-state index contributed by atoms with van der Waals surface area (Å²) in [6.07, 6.45) is 7.27. The van der Waals surface area contributed by atoms with Gasteiger partial charge in [-0.1, -0.05) is 40.0 Å². The van der Waals surface area contributed by atoms with Crippen molar-refractivity contribution in [1.29, 1.82) is 0 Å². The zero-order valence-electron chi connectivity index (χ0n) is 10.2. The number of hydrogen-bond acceptors (Lipinski definition) is 1. The standard InChI is InChI=1S/C8H18O.C4H9Cl/c1-3-5-7-9-8-6-4-2;1-2-3-4-5/h3-8H2,1-2H3;2-4H2,1H3. The molecule has 0 saturated carbocycles. The van der Waals surface area contributed by atoms with Gasteiger partial charge in [0.15, 0.2) is 0 Å². The van der Waals surface area contributed by atoms with Crippen LogP contribution in [0.3, 0.4) is 0 Å². The van der Waals surface area contributed by atoms with Gasteiger partial charge < -0.3 is 4.74 Å². The lowest BCUT2D eigenvalue weighted by Gasteiger charge is -1.99. The summed E-state index contributed by atoms with van der Waals surface area (Å²) in [5.41, 5.74) is 0. The molecular weight excluding hydrogens is 196 g/mol. The Morgan fingerprint density at radius 1 is 0.786 bits per heavy atom. The lowest BCUT2D eigenvalue weighted by Crippen LogP contribution is -1.95. The molecular formula is C12H27ClO. The molecule has 0 atom stereocenters. The highest BCUT2D eigenvalue weighted by Crippen LogP contribution is 1.91. The first-order chi connectivity index (χ1) is 6.83. The van der Waals surface area contributed by atoms with Gasteiger partial charge in [-0.3, -0.25) is 0 Å². The SMILES string of the molecule is CCCCCl.CCCCOCCCC. The number of halogens is 1. The van der Waals surface area contributed by atoms with Gasteiger partial charge in [-0.15, -0.1) is 11.6 Å². The molecule has 1 nitrogen and oxygen atoms in total. The minimum atomic E-state index is 0.816. The Hall–Kier alpha value is 0.250. The number of rotatable bonds is 8. The summed E-state index contributed by atoms with van der Waals surface area (Å²) in [7, 11) is 0. The molecule has 0 N–H and O–H groups in total. The molecule has 0 aromatic heterocycles.